The first-order chi connectivity index (χ1) is 28.4. The summed E-state index contributed by atoms with van der Waals surface area (Å²) in [6.45, 7) is 1.65. The molecule has 0 aromatic heterocycles. The van der Waals surface area contributed by atoms with Crippen molar-refractivity contribution in [1.29, 1.82) is 0 Å². The van der Waals surface area contributed by atoms with Gasteiger partial charge in [0.15, 0.2) is 6.10 Å². The van der Waals surface area contributed by atoms with Gasteiger partial charge in [-0.3, -0.25) is 23.2 Å². The summed E-state index contributed by atoms with van der Waals surface area (Å²) in [5.41, 5.74) is 0. The number of allylic oxidation sites excluding steroid dienone is 10. The fraction of sp³-hybridized carbons (Fsp3) is 0.727. The Hall–Kier alpha value is -2.18. The third-order valence-electron chi connectivity index (χ3n) is 8.87. The number of unbranched alkanes of at least 4 members (excludes halogenated alkanes) is 15. The van der Waals surface area contributed by atoms with E-state index in [0.717, 1.165) is 64.2 Å². The number of phosphoric ester groups is 2. The normalized spacial score (nSPS) is 14.6. The Morgan fingerprint density at radius 3 is 1.46 bits per heavy atom. The Morgan fingerprint density at radius 1 is 0.492 bits per heavy atom. The number of phosphoric acid groups is 2. The first-order valence-electron chi connectivity index (χ1n) is 22.0. The average molecular weight is 877 g/mol. The lowest BCUT2D eigenvalue weighted by Crippen LogP contribution is -2.29. The van der Waals surface area contributed by atoms with Crippen molar-refractivity contribution in [3.05, 3.63) is 60.8 Å². The maximum Gasteiger partial charge on any atom is 0.472 e. The van der Waals surface area contributed by atoms with Crippen molar-refractivity contribution in [2.75, 3.05) is 26.4 Å². The van der Waals surface area contributed by atoms with Gasteiger partial charge in [0.2, 0.25) is 0 Å². The topological polar surface area (TPSA) is 195 Å². The molecule has 0 rings (SSSR count). The lowest BCUT2D eigenvalue weighted by Gasteiger charge is -2.20. The highest BCUT2D eigenvalue weighted by molar-refractivity contribution is 7.47. The lowest BCUT2D eigenvalue weighted by molar-refractivity contribution is -0.161. The summed E-state index contributed by atoms with van der Waals surface area (Å²) in [5, 5.41) is 9.74. The number of ether oxygens (including phenoxy) is 2. The second kappa shape index (κ2) is 39.9. The number of carbonyl (C=O) groups excluding carboxylic acids is 2. The average Bonchev–Trinajstić information content (AvgIpc) is 3.19. The zero-order chi connectivity index (χ0) is 43.7. The van der Waals surface area contributed by atoms with Crippen LogP contribution < -0.4 is 0 Å². The van der Waals surface area contributed by atoms with Gasteiger partial charge in [0.05, 0.1) is 19.8 Å². The molecule has 0 aliphatic heterocycles. The fourth-order valence-corrected chi connectivity index (χ4v) is 6.67. The molecule has 15 heteroatoms. The molecule has 0 aromatic carbocycles. The second-order valence-corrected chi connectivity index (χ2v) is 17.3. The van der Waals surface area contributed by atoms with E-state index >= 15 is 0 Å². The van der Waals surface area contributed by atoms with Crippen LogP contribution in [-0.2, 0) is 41.8 Å². The third kappa shape index (κ3) is 43.7. The maximum absolute atomic E-state index is 12.6. The molecular weight excluding hydrogens is 798 g/mol. The Bertz CT molecular complexity index is 1280. The number of carbonyl (C=O) groups is 2. The van der Waals surface area contributed by atoms with Gasteiger partial charge in [0.1, 0.15) is 12.7 Å². The summed E-state index contributed by atoms with van der Waals surface area (Å²) in [7, 11) is -9.69. The van der Waals surface area contributed by atoms with Crippen molar-refractivity contribution in [2.45, 2.75) is 180 Å². The van der Waals surface area contributed by atoms with Crippen LogP contribution in [0.4, 0.5) is 0 Å². The number of hydrogen-bond acceptors (Lipinski definition) is 10. The van der Waals surface area contributed by atoms with Gasteiger partial charge in [-0.1, -0.05) is 139 Å². The molecule has 342 valence electrons. The third-order valence-corrected chi connectivity index (χ3v) is 10.3. The molecule has 0 heterocycles. The molecular formula is C44H78O13P2. The Labute approximate surface area is 355 Å². The van der Waals surface area contributed by atoms with Gasteiger partial charge in [-0.25, -0.2) is 9.13 Å². The summed E-state index contributed by atoms with van der Waals surface area (Å²) in [4.78, 5) is 52.7. The molecule has 0 bridgehead atoms. The zero-order valence-electron chi connectivity index (χ0n) is 36.1. The molecule has 0 amide bonds. The lowest BCUT2D eigenvalue weighted by atomic mass is 10.1. The van der Waals surface area contributed by atoms with E-state index < -0.39 is 66.2 Å². The summed E-state index contributed by atoms with van der Waals surface area (Å²) in [5.74, 6) is -1.11. The van der Waals surface area contributed by atoms with E-state index in [4.69, 9.17) is 23.8 Å². The van der Waals surface area contributed by atoms with Gasteiger partial charge in [0, 0.05) is 12.8 Å². The van der Waals surface area contributed by atoms with Crippen LogP contribution in [0.2, 0.25) is 0 Å². The molecule has 0 aromatic rings. The summed E-state index contributed by atoms with van der Waals surface area (Å²) in [6.07, 6.45) is 42.2. The van der Waals surface area contributed by atoms with E-state index in [9.17, 15) is 28.7 Å². The molecule has 0 aliphatic rings. The van der Waals surface area contributed by atoms with Crippen molar-refractivity contribution in [2.24, 2.45) is 0 Å². The SMILES string of the molecule is CCCCCC=CCC=CCC=CCC=CCCCC(=O)OC(COC(=O)CCCCCCCC=CCCCCCCCC)COP(=O)(O)OCC(O)COP(=O)(O)O. The smallest absolute Gasteiger partial charge is 0.462 e. The minimum Gasteiger partial charge on any atom is -0.462 e. The van der Waals surface area contributed by atoms with Gasteiger partial charge in [0.25, 0.3) is 0 Å². The minimum atomic E-state index is -4.87. The molecule has 0 saturated heterocycles. The molecule has 13 nitrogen and oxygen atoms in total. The van der Waals surface area contributed by atoms with Crippen molar-refractivity contribution in [3.8, 4) is 0 Å². The van der Waals surface area contributed by atoms with Crippen LogP contribution in [0.15, 0.2) is 60.8 Å². The number of aliphatic hydroxyl groups excluding tert-OH is 1. The van der Waals surface area contributed by atoms with Gasteiger partial charge >= 0.3 is 27.6 Å². The summed E-state index contributed by atoms with van der Waals surface area (Å²) in [6, 6.07) is 0. The standard InChI is InChI=1S/C44H78O13P2/c1-3-5-7-9-11-13-15-17-19-20-22-24-26-28-30-32-34-36-44(47)57-42(40-56-59(51,52)55-38-41(45)37-54-58(48,49)50)39-53-43(46)35-33-31-29-27-25-23-21-18-16-14-12-10-8-6-4-2/h11,13,17-19,21-22,24,28,30,41-42,45H,3-10,12,14-16,20,23,25-27,29,31-40H2,1-2H3,(H,51,52)(H2,48,49,50). The van der Waals surface area contributed by atoms with Crippen LogP contribution in [0.1, 0.15) is 168 Å². The van der Waals surface area contributed by atoms with Crippen LogP contribution in [0.25, 0.3) is 0 Å². The van der Waals surface area contributed by atoms with E-state index in [0.29, 0.717) is 19.3 Å². The molecule has 0 aliphatic carbocycles. The Morgan fingerprint density at radius 2 is 0.898 bits per heavy atom. The molecule has 0 saturated carbocycles. The number of rotatable bonds is 41. The van der Waals surface area contributed by atoms with Crippen LogP contribution in [0.3, 0.4) is 0 Å². The van der Waals surface area contributed by atoms with E-state index in [1.54, 1.807) is 0 Å². The molecule has 0 radical (unpaired) electrons. The molecule has 3 atom stereocenters. The predicted octanol–water partition coefficient (Wildman–Crippen LogP) is 11.2. The summed E-state index contributed by atoms with van der Waals surface area (Å²) >= 11 is 0. The van der Waals surface area contributed by atoms with E-state index in [2.05, 4.69) is 71.5 Å². The molecule has 59 heavy (non-hydrogen) atoms. The molecule has 0 fully saturated rings. The van der Waals surface area contributed by atoms with Crippen LogP contribution >= 0.6 is 15.6 Å². The molecule has 4 N–H and O–H groups in total. The van der Waals surface area contributed by atoms with Crippen molar-refractivity contribution >= 4 is 27.6 Å². The first-order valence-corrected chi connectivity index (χ1v) is 25.0. The van der Waals surface area contributed by atoms with E-state index in [-0.39, 0.29) is 12.8 Å². The largest absolute Gasteiger partial charge is 0.472 e. The van der Waals surface area contributed by atoms with Gasteiger partial charge in [-0.2, -0.15) is 0 Å². The van der Waals surface area contributed by atoms with Gasteiger partial charge in [-0.05, 0) is 77.0 Å². The number of aliphatic hydroxyl groups is 1. The fourth-order valence-electron chi connectivity index (χ4n) is 5.51. The van der Waals surface area contributed by atoms with Crippen molar-refractivity contribution < 1.29 is 61.6 Å². The van der Waals surface area contributed by atoms with E-state index in [1.165, 1.54) is 57.8 Å². The summed E-state index contributed by atoms with van der Waals surface area (Å²) < 4.78 is 47.7. The zero-order valence-corrected chi connectivity index (χ0v) is 37.9. The van der Waals surface area contributed by atoms with Gasteiger partial charge < -0.3 is 29.3 Å². The second-order valence-electron chi connectivity index (χ2n) is 14.6. The Kier molecular flexibility index (Phi) is 38.5. The number of esters is 2. The highest BCUT2D eigenvalue weighted by Crippen LogP contribution is 2.43. The van der Waals surface area contributed by atoms with Crippen LogP contribution in [-0.4, -0.2) is 70.4 Å². The Balaban J connectivity index is 4.63. The highest BCUT2D eigenvalue weighted by atomic mass is 31.2. The quantitative estimate of drug-likeness (QED) is 0.0196. The van der Waals surface area contributed by atoms with Crippen LogP contribution in [0.5, 0.6) is 0 Å². The predicted molar refractivity (Wildman–Crippen MR) is 234 cm³/mol. The van der Waals surface area contributed by atoms with Crippen molar-refractivity contribution in [1.82, 2.24) is 0 Å². The van der Waals surface area contributed by atoms with E-state index in [1.807, 2.05) is 12.2 Å². The van der Waals surface area contributed by atoms with Crippen molar-refractivity contribution in [3.63, 3.8) is 0 Å². The monoisotopic (exact) mass is 876 g/mol. The highest BCUT2D eigenvalue weighted by Gasteiger charge is 2.28. The van der Waals surface area contributed by atoms with Gasteiger partial charge in [-0.15, -0.1) is 0 Å². The number of hydrogen-bond donors (Lipinski definition) is 4. The minimum absolute atomic E-state index is 0.0520. The molecule has 0 spiro atoms. The maximum atomic E-state index is 12.6. The van der Waals surface area contributed by atoms with Crippen LogP contribution in [0, 0.1) is 0 Å². The first kappa shape index (κ1) is 56.8. The molecule has 3 unspecified atom stereocenters.